The van der Waals surface area contributed by atoms with Gasteiger partial charge in [-0.3, -0.25) is 4.99 Å². The summed E-state index contributed by atoms with van der Waals surface area (Å²) in [6, 6.07) is 6.44. The lowest BCUT2D eigenvalue weighted by molar-refractivity contribution is 0.578. The maximum Gasteiger partial charge on any atom is 0.212 e. The van der Waals surface area contributed by atoms with Gasteiger partial charge in [0.1, 0.15) is 17.7 Å². The fourth-order valence-corrected chi connectivity index (χ4v) is 3.79. The second-order valence-corrected chi connectivity index (χ2v) is 7.41. The first kappa shape index (κ1) is 17.8. The van der Waals surface area contributed by atoms with Gasteiger partial charge in [0.2, 0.25) is 3.83 Å². The molecule has 0 saturated carbocycles. The number of aliphatic imine (C=N–C) groups is 1. The summed E-state index contributed by atoms with van der Waals surface area (Å²) in [6.45, 7) is 1.77. The summed E-state index contributed by atoms with van der Waals surface area (Å²) in [6.07, 6.45) is 0. The summed E-state index contributed by atoms with van der Waals surface area (Å²) in [5, 5.41) is 4.78. The molecule has 0 spiro atoms. The zero-order valence-electron chi connectivity index (χ0n) is 13.1. The Morgan fingerprint density at radius 3 is 2.46 bits per heavy atom. The highest BCUT2D eigenvalue weighted by Crippen LogP contribution is 2.37. The van der Waals surface area contributed by atoms with Crippen LogP contribution in [0.25, 0.3) is 5.69 Å². The Morgan fingerprint density at radius 2 is 1.77 bits per heavy atom. The average molecular weight is 505 g/mol. The second-order valence-electron chi connectivity index (χ2n) is 5.66. The number of aromatic nitrogens is 3. The van der Waals surface area contributed by atoms with Crippen LogP contribution in [0.4, 0.5) is 8.78 Å². The lowest BCUT2D eigenvalue weighted by Crippen LogP contribution is -2.13. The van der Waals surface area contributed by atoms with E-state index < -0.39 is 17.7 Å². The summed E-state index contributed by atoms with van der Waals surface area (Å²) < 4.78 is 31.1. The van der Waals surface area contributed by atoms with E-state index in [1.54, 1.807) is 23.7 Å². The lowest BCUT2D eigenvalue weighted by Gasteiger charge is -2.14. The predicted octanol–water partition coefficient (Wildman–Crippen LogP) is 5.37. The Balaban J connectivity index is 2.13. The third-order valence-corrected chi connectivity index (χ3v) is 5.30. The Hall–Kier alpha value is -1.58. The molecule has 0 bridgehead atoms. The molecule has 9 heteroatoms. The molecule has 0 saturated heterocycles. The minimum Gasteiger partial charge on any atom is -0.273 e. The molecule has 1 atom stereocenters. The van der Waals surface area contributed by atoms with Crippen LogP contribution in [-0.4, -0.2) is 20.5 Å². The molecule has 1 aliphatic rings. The van der Waals surface area contributed by atoms with Crippen molar-refractivity contribution in [1.82, 2.24) is 14.8 Å². The van der Waals surface area contributed by atoms with Crippen LogP contribution in [0, 0.1) is 15.5 Å². The molecule has 3 aromatic rings. The van der Waals surface area contributed by atoms with Crippen LogP contribution in [0.3, 0.4) is 0 Å². The van der Waals surface area contributed by atoms with Gasteiger partial charge in [-0.2, -0.15) is 0 Å². The second kappa shape index (κ2) is 6.54. The molecule has 0 radical (unpaired) electrons. The van der Waals surface area contributed by atoms with Gasteiger partial charge in [0, 0.05) is 28.2 Å². The molecule has 4 rings (SSSR count). The molecular formula is C17H9Cl2F2IN4. The van der Waals surface area contributed by atoms with Gasteiger partial charge >= 0.3 is 0 Å². The number of halogens is 5. The minimum absolute atomic E-state index is 0.0814. The lowest BCUT2D eigenvalue weighted by atomic mass is 9.99. The number of fused-ring (bicyclic) bond motifs is 3. The number of hydrogen-bond acceptors (Lipinski definition) is 3. The molecule has 0 fully saturated rings. The van der Waals surface area contributed by atoms with E-state index in [0.29, 0.717) is 20.9 Å². The van der Waals surface area contributed by atoms with Crippen LogP contribution in [0.2, 0.25) is 10.0 Å². The third-order valence-electron chi connectivity index (χ3n) is 4.04. The zero-order valence-corrected chi connectivity index (χ0v) is 16.8. The van der Waals surface area contributed by atoms with Crippen molar-refractivity contribution in [3.63, 3.8) is 0 Å². The average Bonchev–Trinajstić information content (AvgIpc) is 2.93. The highest BCUT2D eigenvalue weighted by Gasteiger charge is 2.30. The molecule has 26 heavy (non-hydrogen) atoms. The molecule has 0 amide bonds. The van der Waals surface area contributed by atoms with Crippen LogP contribution in [0.15, 0.2) is 35.3 Å². The van der Waals surface area contributed by atoms with E-state index in [-0.39, 0.29) is 21.3 Å². The Bertz CT molecular complexity index is 1060. The fraction of sp³-hybridized carbons (Fsp3) is 0.118. The predicted molar refractivity (Wildman–Crippen MR) is 105 cm³/mol. The molecule has 4 nitrogen and oxygen atoms in total. The van der Waals surface area contributed by atoms with Crippen molar-refractivity contribution in [3.05, 3.63) is 72.8 Å². The van der Waals surface area contributed by atoms with Gasteiger partial charge in [0.05, 0.1) is 27.0 Å². The van der Waals surface area contributed by atoms with Gasteiger partial charge in [-0.05, 0) is 31.2 Å². The van der Waals surface area contributed by atoms with E-state index in [9.17, 15) is 8.78 Å². The van der Waals surface area contributed by atoms with Crippen molar-refractivity contribution in [3.8, 4) is 5.69 Å². The zero-order chi connectivity index (χ0) is 18.6. The Morgan fingerprint density at radius 1 is 1.08 bits per heavy atom. The molecule has 1 unspecified atom stereocenters. The molecule has 2 heterocycles. The molecule has 1 aliphatic heterocycles. The Kier molecular flexibility index (Phi) is 4.48. The van der Waals surface area contributed by atoms with E-state index in [0.717, 1.165) is 0 Å². The summed E-state index contributed by atoms with van der Waals surface area (Å²) >= 11 is 14.6. The van der Waals surface area contributed by atoms with Gasteiger partial charge in [0.25, 0.3) is 0 Å². The number of benzene rings is 2. The van der Waals surface area contributed by atoms with Crippen molar-refractivity contribution in [2.45, 2.75) is 13.0 Å². The molecule has 2 aromatic carbocycles. The highest BCUT2D eigenvalue weighted by atomic mass is 127. The van der Waals surface area contributed by atoms with Crippen LogP contribution in [0.1, 0.15) is 29.9 Å². The largest absolute Gasteiger partial charge is 0.273 e. The maximum atomic E-state index is 14.5. The highest BCUT2D eigenvalue weighted by molar-refractivity contribution is 14.1. The van der Waals surface area contributed by atoms with Crippen LogP contribution in [-0.2, 0) is 0 Å². The molecular weight excluding hydrogens is 496 g/mol. The number of rotatable bonds is 1. The first-order valence-corrected chi connectivity index (χ1v) is 9.35. The van der Waals surface area contributed by atoms with Gasteiger partial charge in [-0.15, -0.1) is 5.10 Å². The minimum atomic E-state index is -0.736. The topological polar surface area (TPSA) is 43.1 Å². The van der Waals surface area contributed by atoms with Crippen molar-refractivity contribution >= 4 is 51.5 Å². The standard InChI is InChI=1S/C17H9Cl2F2IN4/c1-7-16-24-17(22)25-26(16)11-6-5-8(18)14(19)13(11)15(23-7)12-9(20)3-2-4-10(12)21/h2-7H,1H3. The van der Waals surface area contributed by atoms with Crippen molar-refractivity contribution < 1.29 is 8.78 Å². The van der Waals surface area contributed by atoms with E-state index in [1.165, 1.54) is 18.2 Å². The van der Waals surface area contributed by atoms with Gasteiger partial charge in [0.15, 0.2) is 5.82 Å². The molecule has 0 N–H and O–H groups in total. The summed E-state index contributed by atoms with van der Waals surface area (Å²) in [4.78, 5) is 8.92. The normalized spacial score (nSPS) is 15.9. The molecule has 1 aromatic heterocycles. The summed E-state index contributed by atoms with van der Waals surface area (Å²) in [5.41, 5.74) is 0.647. The van der Waals surface area contributed by atoms with E-state index in [1.807, 2.05) is 22.6 Å². The monoisotopic (exact) mass is 504 g/mol. The van der Waals surface area contributed by atoms with E-state index in [2.05, 4.69) is 15.1 Å². The van der Waals surface area contributed by atoms with Crippen molar-refractivity contribution in [2.24, 2.45) is 4.99 Å². The molecule has 0 aliphatic carbocycles. The smallest absolute Gasteiger partial charge is 0.212 e. The van der Waals surface area contributed by atoms with Crippen LogP contribution in [0.5, 0.6) is 0 Å². The summed E-state index contributed by atoms with van der Waals surface area (Å²) in [7, 11) is 0. The van der Waals surface area contributed by atoms with Crippen LogP contribution >= 0.6 is 45.8 Å². The van der Waals surface area contributed by atoms with Crippen LogP contribution < -0.4 is 0 Å². The first-order valence-electron chi connectivity index (χ1n) is 7.52. The van der Waals surface area contributed by atoms with Gasteiger partial charge < -0.3 is 0 Å². The third kappa shape index (κ3) is 2.73. The van der Waals surface area contributed by atoms with E-state index >= 15 is 0 Å². The SMILES string of the molecule is CC1N=C(c2c(F)cccc2F)c2c(ccc(Cl)c2Cl)-n2nc(I)nc21. The Labute approximate surface area is 171 Å². The summed E-state index contributed by atoms with van der Waals surface area (Å²) in [5.74, 6) is -0.930. The quantitative estimate of drug-likeness (QED) is 0.418. The molecule has 132 valence electrons. The maximum absolute atomic E-state index is 14.5. The van der Waals surface area contributed by atoms with Crippen molar-refractivity contribution in [2.75, 3.05) is 0 Å². The van der Waals surface area contributed by atoms with Gasteiger partial charge in [-0.25, -0.2) is 18.4 Å². The van der Waals surface area contributed by atoms with Gasteiger partial charge in [-0.1, -0.05) is 29.3 Å². The van der Waals surface area contributed by atoms with E-state index in [4.69, 9.17) is 23.2 Å². The van der Waals surface area contributed by atoms with Crippen molar-refractivity contribution in [1.29, 1.82) is 0 Å². The number of nitrogens with zero attached hydrogens (tertiary/aromatic N) is 4. The number of hydrogen-bond donors (Lipinski definition) is 0. The fourth-order valence-electron chi connectivity index (χ4n) is 2.92. The first-order chi connectivity index (χ1) is 12.4.